The molecule has 4 nitrogen and oxygen atoms in total. The Kier molecular flexibility index (Phi) is 3.67. The number of amidine groups is 1. The van der Waals surface area contributed by atoms with Crippen LogP contribution in [-0.2, 0) is 0 Å². The molecule has 0 bridgehead atoms. The van der Waals surface area contributed by atoms with Gasteiger partial charge >= 0.3 is 0 Å². The van der Waals surface area contributed by atoms with Crippen LogP contribution >= 0.6 is 11.6 Å². The average Bonchev–Trinajstić information content (AvgIpc) is 2.70. The molecule has 2 N–H and O–H groups in total. The minimum atomic E-state index is 0.192. The third kappa shape index (κ3) is 2.54. The highest BCUT2D eigenvalue weighted by Gasteiger charge is 2.11. The van der Waals surface area contributed by atoms with Crippen LogP contribution in [0.15, 0.2) is 33.7 Å². The van der Waals surface area contributed by atoms with Crippen LogP contribution in [0.2, 0.25) is 0 Å². The van der Waals surface area contributed by atoms with Gasteiger partial charge in [0.25, 0.3) is 0 Å². The van der Waals surface area contributed by atoms with E-state index in [0.717, 1.165) is 17.0 Å². The smallest absolute Gasteiger partial charge is 0.228 e. The molecule has 1 heterocycles. The Bertz CT molecular complexity index is 570. The Morgan fingerprint density at radius 2 is 2.11 bits per heavy atom. The lowest BCUT2D eigenvalue weighted by Gasteiger charge is -2.02. The molecule has 0 atom stereocenters. The SMILES string of the molecule is Cc1nc(-c2ccccc2N=C(N)CCl)oc1C. The number of benzene rings is 1. The van der Waals surface area contributed by atoms with Gasteiger partial charge < -0.3 is 10.2 Å². The van der Waals surface area contributed by atoms with Crippen molar-refractivity contribution in [1.82, 2.24) is 4.98 Å². The largest absolute Gasteiger partial charge is 0.441 e. The summed E-state index contributed by atoms with van der Waals surface area (Å²) in [5, 5.41) is 0. The van der Waals surface area contributed by atoms with Gasteiger partial charge in [0.2, 0.25) is 5.89 Å². The second-order valence-electron chi connectivity index (χ2n) is 3.91. The molecule has 0 spiro atoms. The van der Waals surface area contributed by atoms with Crippen LogP contribution in [0.5, 0.6) is 0 Å². The lowest BCUT2D eigenvalue weighted by molar-refractivity contribution is 0.541. The van der Waals surface area contributed by atoms with Crippen molar-refractivity contribution >= 4 is 23.1 Å². The van der Waals surface area contributed by atoms with Crippen molar-refractivity contribution in [3.8, 4) is 11.5 Å². The number of rotatable bonds is 3. The molecule has 1 aromatic heterocycles. The van der Waals surface area contributed by atoms with E-state index in [-0.39, 0.29) is 5.88 Å². The number of nitrogens with zero attached hydrogens (tertiary/aromatic N) is 2. The molecule has 0 amide bonds. The number of nitrogens with two attached hydrogens (primary N) is 1. The Hall–Kier alpha value is -1.81. The predicted molar refractivity (Wildman–Crippen MR) is 73.4 cm³/mol. The molecule has 2 aromatic rings. The summed E-state index contributed by atoms with van der Waals surface area (Å²) in [6.07, 6.45) is 0. The van der Waals surface area contributed by atoms with Gasteiger partial charge in [-0.2, -0.15) is 0 Å². The molecule has 0 saturated heterocycles. The standard InChI is InChI=1S/C13H14ClN3O/c1-8-9(2)18-13(16-8)10-5-3-4-6-11(10)17-12(15)7-14/h3-6H,7H2,1-2H3,(H2,15,17). The van der Waals surface area contributed by atoms with Gasteiger partial charge in [0, 0.05) is 0 Å². The molecule has 1 aromatic carbocycles. The number of aryl methyl sites for hydroxylation is 2. The second-order valence-corrected chi connectivity index (χ2v) is 4.18. The molecular weight excluding hydrogens is 250 g/mol. The highest BCUT2D eigenvalue weighted by molar-refractivity contribution is 6.28. The Balaban J connectivity index is 2.51. The third-order valence-electron chi connectivity index (χ3n) is 2.56. The monoisotopic (exact) mass is 263 g/mol. The third-order valence-corrected chi connectivity index (χ3v) is 2.84. The minimum absolute atomic E-state index is 0.192. The highest BCUT2D eigenvalue weighted by atomic mass is 35.5. The molecule has 94 valence electrons. The van der Waals surface area contributed by atoms with E-state index >= 15 is 0 Å². The van der Waals surface area contributed by atoms with Crippen molar-refractivity contribution in [2.45, 2.75) is 13.8 Å². The molecule has 18 heavy (non-hydrogen) atoms. The van der Waals surface area contributed by atoms with Crippen molar-refractivity contribution < 1.29 is 4.42 Å². The number of oxazole rings is 1. The molecule has 0 aliphatic rings. The summed E-state index contributed by atoms with van der Waals surface area (Å²) in [6, 6.07) is 7.53. The highest BCUT2D eigenvalue weighted by Crippen LogP contribution is 2.30. The fourth-order valence-electron chi connectivity index (χ4n) is 1.52. The van der Waals surface area contributed by atoms with Crippen molar-refractivity contribution in [1.29, 1.82) is 0 Å². The van der Waals surface area contributed by atoms with Gasteiger partial charge in [-0.15, -0.1) is 11.6 Å². The fourth-order valence-corrected chi connectivity index (χ4v) is 1.58. The van der Waals surface area contributed by atoms with Gasteiger partial charge in [-0.25, -0.2) is 9.98 Å². The molecule has 0 unspecified atom stereocenters. The molecule has 0 radical (unpaired) electrons. The van der Waals surface area contributed by atoms with Gasteiger partial charge in [0.1, 0.15) is 11.6 Å². The fraction of sp³-hybridized carbons (Fsp3) is 0.231. The first kappa shape index (κ1) is 12.6. The van der Waals surface area contributed by atoms with Crippen molar-refractivity contribution in [2.75, 3.05) is 5.88 Å². The second kappa shape index (κ2) is 5.23. The van der Waals surface area contributed by atoms with E-state index in [9.17, 15) is 0 Å². The van der Waals surface area contributed by atoms with Crippen molar-refractivity contribution in [3.63, 3.8) is 0 Å². The first-order valence-electron chi connectivity index (χ1n) is 5.54. The number of alkyl halides is 1. The normalized spacial score (nSPS) is 11.8. The van der Waals surface area contributed by atoms with Gasteiger partial charge in [0.05, 0.1) is 22.8 Å². The summed E-state index contributed by atoms with van der Waals surface area (Å²) in [5.74, 6) is 1.91. The van der Waals surface area contributed by atoms with E-state index in [2.05, 4.69) is 9.98 Å². The van der Waals surface area contributed by atoms with E-state index in [0.29, 0.717) is 17.4 Å². The summed E-state index contributed by atoms with van der Waals surface area (Å²) in [7, 11) is 0. The molecule has 0 fully saturated rings. The molecule has 5 heteroatoms. The quantitative estimate of drug-likeness (QED) is 0.525. The predicted octanol–water partition coefficient (Wildman–Crippen LogP) is 3.19. The first-order valence-corrected chi connectivity index (χ1v) is 6.07. The number of para-hydroxylation sites is 1. The van der Waals surface area contributed by atoms with E-state index in [1.807, 2.05) is 38.1 Å². The van der Waals surface area contributed by atoms with Crippen molar-refractivity contribution in [2.24, 2.45) is 10.7 Å². The van der Waals surface area contributed by atoms with E-state index in [4.69, 9.17) is 21.8 Å². The molecular formula is C13H14ClN3O. The first-order chi connectivity index (χ1) is 8.61. The van der Waals surface area contributed by atoms with Crippen LogP contribution in [0.4, 0.5) is 5.69 Å². The molecule has 2 rings (SSSR count). The maximum absolute atomic E-state index is 5.65. The van der Waals surface area contributed by atoms with Gasteiger partial charge in [-0.1, -0.05) is 12.1 Å². The number of hydrogen-bond donors (Lipinski definition) is 1. The van der Waals surface area contributed by atoms with E-state index in [1.54, 1.807) is 0 Å². The lowest BCUT2D eigenvalue weighted by atomic mass is 10.2. The van der Waals surface area contributed by atoms with E-state index < -0.39 is 0 Å². The number of aliphatic imine (C=N–C) groups is 1. The van der Waals surface area contributed by atoms with Crippen molar-refractivity contribution in [3.05, 3.63) is 35.7 Å². The summed E-state index contributed by atoms with van der Waals surface area (Å²) in [4.78, 5) is 8.62. The number of hydrogen-bond acceptors (Lipinski definition) is 3. The van der Waals surface area contributed by atoms with Crippen LogP contribution in [0, 0.1) is 13.8 Å². The summed E-state index contributed by atoms with van der Waals surface area (Å²) >= 11 is 5.63. The summed E-state index contributed by atoms with van der Waals surface area (Å²) in [6.45, 7) is 3.78. The molecule has 0 aliphatic heterocycles. The van der Waals surface area contributed by atoms with Crippen LogP contribution in [0.25, 0.3) is 11.5 Å². The zero-order valence-corrected chi connectivity index (χ0v) is 11.0. The van der Waals surface area contributed by atoms with Gasteiger partial charge in [0.15, 0.2) is 0 Å². The zero-order chi connectivity index (χ0) is 13.1. The lowest BCUT2D eigenvalue weighted by Crippen LogP contribution is -2.12. The van der Waals surface area contributed by atoms with Crippen LogP contribution in [0.1, 0.15) is 11.5 Å². The maximum Gasteiger partial charge on any atom is 0.228 e. The molecule has 0 saturated carbocycles. The molecule has 0 aliphatic carbocycles. The number of aromatic nitrogens is 1. The van der Waals surface area contributed by atoms with Gasteiger partial charge in [-0.3, -0.25) is 0 Å². The topological polar surface area (TPSA) is 64.4 Å². The van der Waals surface area contributed by atoms with Crippen LogP contribution < -0.4 is 5.73 Å². The van der Waals surface area contributed by atoms with E-state index in [1.165, 1.54) is 0 Å². The Labute approximate surface area is 111 Å². The minimum Gasteiger partial charge on any atom is -0.441 e. The van der Waals surface area contributed by atoms with Gasteiger partial charge in [-0.05, 0) is 26.0 Å². The maximum atomic E-state index is 5.65. The average molecular weight is 264 g/mol. The number of halogens is 1. The Morgan fingerprint density at radius 1 is 1.39 bits per heavy atom. The Morgan fingerprint density at radius 3 is 2.72 bits per heavy atom. The summed E-state index contributed by atoms with van der Waals surface area (Å²) < 4.78 is 5.60. The van der Waals surface area contributed by atoms with Crippen LogP contribution in [0.3, 0.4) is 0 Å². The summed E-state index contributed by atoms with van der Waals surface area (Å²) in [5.41, 5.74) is 8.04. The van der Waals surface area contributed by atoms with Crippen LogP contribution in [-0.4, -0.2) is 16.7 Å². The zero-order valence-electron chi connectivity index (χ0n) is 10.3.